The van der Waals surface area contributed by atoms with E-state index in [9.17, 15) is 13.2 Å². The molecule has 1 saturated heterocycles. The molecule has 168 valence electrons. The van der Waals surface area contributed by atoms with Crippen LogP contribution in [0, 0.1) is 6.92 Å². The van der Waals surface area contributed by atoms with E-state index in [0.29, 0.717) is 38.6 Å². The van der Waals surface area contributed by atoms with Crippen LogP contribution < -0.4 is 10.1 Å². The molecule has 7 nitrogen and oxygen atoms in total. The minimum absolute atomic E-state index is 0.0779. The molecule has 1 fully saturated rings. The van der Waals surface area contributed by atoms with Crippen molar-refractivity contribution in [2.45, 2.75) is 17.6 Å². The lowest BCUT2D eigenvalue weighted by molar-refractivity contribution is 0.0730. The van der Waals surface area contributed by atoms with Gasteiger partial charge in [0.05, 0.1) is 30.8 Å². The fourth-order valence-electron chi connectivity index (χ4n) is 3.28. The SMILES string of the molecule is COc1ccc(S(=O)(=O)N2CCOCC2)cc1C(=O)NCCSCc1cccc(C)c1. The minimum Gasteiger partial charge on any atom is -0.496 e. The van der Waals surface area contributed by atoms with E-state index in [0.717, 1.165) is 11.5 Å². The van der Waals surface area contributed by atoms with Gasteiger partial charge in [0.25, 0.3) is 5.91 Å². The molecule has 3 rings (SSSR count). The van der Waals surface area contributed by atoms with Gasteiger partial charge in [-0.2, -0.15) is 16.1 Å². The molecule has 0 saturated carbocycles. The summed E-state index contributed by atoms with van der Waals surface area (Å²) in [7, 11) is -2.23. The molecule has 2 aromatic carbocycles. The molecule has 2 aromatic rings. The van der Waals surface area contributed by atoms with Crippen LogP contribution in [0.15, 0.2) is 47.4 Å². The average Bonchev–Trinajstić information content (AvgIpc) is 2.79. The fourth-order valence-corrected chi connectivity index (χ4v) is 5.53. The number of amides is 1. The van der Waals surface area contributed by atoms with Crippen LogP contribution in [0.2, 0.25) is 0 Å². The van der Waals surface area contributed by atoms with Crippen LogP contribution >= 0.6 is 11.8 Å². The predicted octanol–water partition coefficient (Wildman–Crippen LogP) is 2.69. The molecule has 0 spiro atoms. The minimum atomic E-state index is -3.69. The van der Waals surface area contributed by atoms with E-state index in [1.807, 2.05) is 6.07 Å². The molecule has 0 bridgehead atoms. The van der Waals surface area contributed by atoms with Gasteiger partial charge in [0, 0.05) is 31.1 Å². The molecule has 0 aliphatic carbocycles. The summed E-state index contributed by atoms with van der Waals surface area (Å²) >= 11 is 1.73. The van der Waals surface area contributed by atoms with Crippen LogP contribution in [0.5, 0.6) is 5.75 Å². The number of nitrogens with one attached hydrogen (secondary N) is 1. The zero-order valence-corrected chi connectivity index (χ0v) is 19.4. The van der Waals surface area contributed by atoms with Gasteiger partial charge in [0.2, 0.25) is 10.0 Å². The lowest BCUT2D eigenvalue weighted by atomic mass is 10.2. The largest absolute Gasteiger partial charge is 0.496 e. The molecule has 0 atom stereocenters. The highest BCUT2D eigenvalue weighted by atomic mass is 32.2. The molecular weight excluding hydrogens is 436 g/mol. The summed E-state index contributed by atoms with van der Waals surface area (Å²) < 4.78 is 37.7. The van der Waals surface area contributed by atoms with E-state index in [-0.39, 0.29) is 16.4 Å². The first kappa shape index (κ1) is 23.6. The van der Waals surface area contributed by atoms with E-state index in [1.165, 1.54) is 40.7 Å². The number of nitrogens with zero attached hydrogens (tertiary/aromatic N) is 1. The third kappa shape index (κ3) is 6.22. The molecule has 31 heavy (non-hydrogen) atoms. The van der Waals surface area contributed by atoms with Crippen LogP contribution in [-0.2, 0) is 20.5 Å². The van der Waals surface area contributed by atoms with Gasteiger partial charge in [-0.3, -0.25) is 4.79 Å². The van der Waals surface area contributed by atoms with E-state index in [4.69, 9.17) is 9.47 Å². The molecule has 0 radical (unpaired) electrons. The molecular formula is C22H28N2O5S2. The van der Waals surface area contributed by atoms with Crippen molar-refractivity contribution in [3.05, 3.63) is 59.2 Å². The summed E-state index contributed by atoms with van der Waals surface area (Å²) in [5.41, 5.74) is 2.69. The summed E-state index contributed by atoms with van der Waals surface area (Å²) in [6, 6.07) is 12.7. The van der Waals surface area contributed by atoms with Crippen molar-refractivity contribution in [3.63, 3.8) is 0 Å². The zero-order chi connectivity index (χ0) is 22.3. The highest BCUT2D eigenvalue weighted by molar-refractivity contribution is 7.98. The number of benzene rings is 2. The number of methoxy groups -OCH3 is 1. The van der Waals surface area contributed by atoms with Gasteiger partial charge in [-0.15, -0.1) is 0 Å². The molecule has 1 N–H and O–H groups in total. The Labute approximate surface area is 188 Å². The summed E-state index contributed by atoms with van der Waals surface area (Å²) in [6.07, 6.45) is 0. The van der Waals surface area contributed by atoms with Gasteiger partial charge >= 0.3 is 0 Å². The summed E-state index contributed by atoms with van der Waals surface area (Å²) in [6.45, 7) is 3.86. The van der Waals surface area contributed by atoms with Crippen LogP contribution in [0.1, 0.15) is 21.5 Å². The predicted molar refractivity (Wildman–Crippen MR) is 122 cm³/mol. The Balaban J connectivity index is 1.61. The maximum atomic E-state index is 12.9. The lowest BCUT2D eigenvalue weighted by Crippen LogP contribution is -2.40. The summed E-state index contributed by atoms with van der Waals surface area (Å²) in [4.78, 5) is 12.8. The Morgan fingerprint density at radius 2 is 1.97 bits per heavy atom. The summed E-state index contributed by atoms with van der Waals surface area (Å²) in [5, 5.41) is 2.86. The summed E-state index contributed by atoms with van der Waals surface area (Å²) in [5.74, 6) is 1.60. The van der Waals surface area contributed by atoms with Gasteiger partial charge in [-0.1, -0.05) is 29.8 Å². The first-order chi connectivity index (χ1) is 14.9. The number of sulfonamides is 1. The first-order valence-electron chi connectivity index (χ1n) is 10.1. The van der Waals surface area contributed by atoms with Crippen LogP contribution in [0.4, 0.5) is 0 Å². The van der Waals surface area contributed by atoms with Gasteiger partial charge in [0.1, 0.15) is 5.75 Å². The zero-order valence-electron chi connectivity index (χ0n) is 17.8. The van der Waals surface area contributed by atoms with Crippen LogP contribution in [0.25, 0.3) is 0 Å². The van der Waals surface area contributed by atoms with Crippen molar-refractivity contribution >= 4 is 27.7 Å². The van der Waals surface area contributed by atoms with E-state index >= 15 is 0 Å². The monoisotopic (exact) mass is 464 g/mol. The van der Waals surface area contributed by atoms with Crippen LogP contribution in [-0.4, -0.2) is 64.3 Å². The number of rotatable bonds is 9. The topological polar surface area (TPSA) is 84.9 Å². The molecule has 1 aliphatic rings. The van der Waals surface area contributed by atoms with Crippen molar-refractivity contribution in [2.75, 3.05) is 45.7 Å². The van der Waals surface area contributed by atoms with E-state index in [1.54, 1.807) is 11.8 Å². The smallest absolute Gasteiger partial charge is 0.255 e. The number of hydrogen-bond donors (Lipinski definition) is 1. The molecule has 1 heterocycles. The van der Waals surface area contributed by atoms with Gasteiger partial charge in [-0.05, 0) is 30.7 Å². The molecule has 9 heteroatoms. The van der Waals surface area contributed by atoms with Gasteiger partial charge in [-0.25, -0.2) is 8.42 Å². The van der Waals surface area contributed by atoms with Crippen molar-refractivity contribution < 1.29 is 22.7 Å². The Bertz CT molecular complexity index is 1000. The average molecular weight is 465 g/mol. The number of ether oxygens (including phenoxy) is 2. The number of morpholine rings is 1. The lowest BCUT2D eigenvalue weighted by Gasteiger charge is -2.26. The third-order valence-electron chi connectivity index (χ3n) is 4.91. The number of carbonyl (C=O) groups is 1. The van der Waals surface area contributed by atoms with Crippen molar-refractivity contribution in [2.24, 2.45) is 0 Å². The fraction of sp³-hybridized carbons (Fsp3) is 0.409. The highest BCUT2D eigenvalue weighted by Gasteiger charge is 2.28. The Hall–Kier alpha value is -2.07. The number of aryl methyl sites for hydroxylation is 1. The highest BCUT2D eigenvalue weighted by Crippen LogP contribution is 2.25. The van der Waals surface area contributed by atoms with Crippen molar-refractivity contribution in [1.29, 1.82) is 0 Å². The second-order valence-electron chi connectivity index (χ2n) is 7.18. The third-order valence-corrected chi connectivity index (χ3v) is 7.83. The normalized spacial score (nSPS) is 14.9. The Morgan fingerprint density at radius 1 is 1.19 bits per heavy atom. The van der Waals surface area contributed by atoms with Crippen molar-refractivity contribution in [1.82, 2.24) is 9.62 Å². The number of carbonyl (C=O) groups excluding carboxylic acids is 1. The van der Waals surface area contributed by atoms with Gasteiger partial charge in [0.15, 0.2) is 0 Å². The molecule has 0 aromatic heterocycles. The van der Waals surface area contributed by atoms with Crippen LogP contribution in [0.3, 0.4) is 0 Å². The number of hydrogen-bond acceptors (Lipinski definition) is 6. The standard InChI is InChI=1S/C22H28N2O5S2/c1-17-4-3-5-18(14-17)16-30-13-8-23-22(25)20-15-19(6-7-21(20)28-2)31(26,27)24-9-11-29-12-10-24/h3-7,14-15H,8-13,16H2,1-2H3,(H,23,25). The van der Waals surface area contributed by atoms with Gasteiger partial charge < -0.3 is 14.8 Å². The second-order valence-corrected chi connectivity index (χ2v) is 10.2. The second kappa shape index (κ2) is 11.0. The molecule has 0 unspecified atom stereocenters. The Kier molecular flexibility index (Phi) is 8.36. The molecule has 1 amide bonds. The Morgan fingerprint density at radius 3 is 2.68 bits per heavy atom. The first-order valence-corrected chi connectivity index (χ1v) is 12.7. The van der Waals surface area contributed by atoms with E-state index in [2.05, 4.69) is 30.4 Å². The van der Waals surface area contributed by atoms with E-state index < -0.39 is 10.0 Å². The molecule has 1 aliphatic heterocycles. The number of thioether (sulfide) groups is 1. The maximum absolute atomic E-state index is 12.9. The van der Waals surface area contributed by atoms with Crippen molar-refractivity contribution in [3.8, 4) is 5.75 Å². The quantitative estimate of drug-likeness (QED) is 0.575. The maximum Gasteiger partial charge on any atom is 0.255 e.